The first-order valence-corrected chi connectivity index (χ1v) is 10.2. The van der Waals surface area contributed by atoms with Gasteiger partial charge in [-0.1, -0.05) is 6.92 Å². The molecule has 0 saturated heterocycles. The highest BCUT2D eigenvalue weighted by atomic mass is 35.5. The van der Waals surface area contributed by atoms with Crippen LogP contribution in [0.15, 0.2) is 4.90 Å². The van der Waals surface area contributed by atoms with E-state index in [0.29, 0.717) is 28.7 Å². The Kier molecular flexibility index (Phi) is 7.03. The molecule has 8 heteroatoms. The van der Waals surface area contributed by atoms with E-state index in [1.165, 1.54) is 4.31 Å². The molecule has 21 heavy (non-hydrogen) atoms. The van der Waals surface area contributed by atoms with Crippen molar-refractivity contribution in [2.45, 2.75) is 44.7 Å². The van der Waals surface area contributed by atoms with E-state index in [4.69, 9.17) is 11.6 Å². The molecule has 1 aromatic rings. The van der Waals surface area contributed by atoms with Crippen molar-refractivity contribution in [1.29, 1.82) is 0 Å². The number of aromatic nitrogens is 2. The highest BCUT2D eigenvalue weighted by Gasteiger charge is 2.32. The fourth-order valence-electron chi connectivity index (χ4n) is 2.36. The van der Waals surface area contributed by atoms with Gasteiger partial charge in [-0.05, 0) is 26.5 Å². The van der Waals surface area contributed by atoms with Gasteiger partial charge < -0.3 is 0 Å². The van der Waals surface area contributed by atoms with Crippen molar-refractivity contribution >= 4 is 33.4 Å². The summed E-state index contributed by atoms with van der Waals surface area (Å²) in [6, 6.07) is -0.0137. The van der Waals surface area contributed by atoms with Crippen molar-refractivity contribution in [2.75, 3.05) is 24.9 Å². The zero-order chi connectivity index (χ0) is 16.2. The Bertz CT molecular complexity index is 572. The molecule has 0 amide bonds. The topological polar surface area (TPSA) is 55.2 Å². The summed E-state index contributed by atoms with van der Waals surface area (Å²) in [5.74, 6) is 1.18. The summed E-state index contributed by atoms with van der Waals surface area (Å²) < 4.78 is 28.9. The quantitative estimate of drug-likeness (QED) is 0.674. The maximum atomic E-state index is 12.9. The number of hydrogen-bond donors (Lipinski definition) is 0. The molecule has 0 radical (unpaired) electrons. The Morgan fingerprint density at radius 3 is 2.52 bits per heavy atom. The molecule has 1 unspecified atom stereocenters. The molecule has 0 aliphatic heterocycles. The maximum absolute atomic E-state index is 12.9. The summed E-state index contributed by atoms with van der Waals surface area (Å²) >= 11 is 7.39. The maximum Gasteiger partial charge on any atom is 0.246 e. The number of rotatable bonds is 8. The first-order valence-electron chi connectivity index (χ1n) is 6.88. The van der Waals surface area contributed by atoms with Crippen molar-refractivity contribution in [2.24, 2.45) is 0 Å². The standard InChI is InChI=1S/C13H24ClN3O2S2/c1-6-12(9-20-5)16(4)21(18,19)13-10(2)15-17(8-7-14)11(13)3/h12H,6-9H2,1-5H3. The zero-order valence-electron chi connectivity index (χ0n) is 13.3. The first kappa shape index (κ1) is 18.8. The summed E-state index contributed by atoms with van der Waals surface area (Å²) in [5, 5.41) is 4.30. The van der Waals surface area contributed by atoms with Crippen LogP contribution in [0.2, 0.25) is 0 Å². The van der Waals surface area contributed by atoms with Crippen LogP contribution in [0.1, 0.15) is 24.7 Å². The average molecular weight is 354 g/mol. The summed E-state index contributed by atoms with van der Waals surface area (Å²) in [4.78, 5) is 0.315. The highest BCUT2D eigenvalue weighted by molar-refractivity contribution is 7.98. The van der Waals surface area contributed by atoms with Gasteiger partial charge in [0, 0.05) is 24.7 Å². The zero-order valence-corrected chi connectivity index (χ0v) is 15.6. The second-order valence-electron chi connectivity index (χ2n) is 4.95. The van der Waals surface area contributed by atoms with E-state index >= 15 is 0 Å². The number of sulfonamides is 1. The molecule has 1 heterocycles. The molecule has 122 valence electrons. The summed E-state index contributed by atoms with van der Waals surface area (Å²) in [6.45, 7) is 6.02. The van der Waals surface area contributed by atoms with Gasteiger partial charge in [-0.2, -0.15) is 21.2 Å². The predicted molar refractivity (Wildman–Crippen MR) is 89.8 cm³/mol. The van der Waals surface area contributed by atoms with E-state index in [2.05, 4.69) is 5.10 Å². The van der Waals surface area contributed by atoms with E-state index in [-0.39, 0.29) is 6.04 Å². The SMILES string of the molecule is CCC(CSC)N(C)S(=O)(=O)c1c(C)nn(CCCl)c1C. The molecule has 0 spiro atoms. The number of hydrogen-bond acceptors (Lipinski definition) is 4. The van der Waals surface area contributed by atoms with Crippen LogP contribution < -0.4 is 0 Å². The van der Waals surface area contributed by atoms with E-state index in [9.17, 15) is 8.42 Å². The molecule has 0 bridgehead atoms. The van der Waals surface area contributed by atoms with Gasteiger partial charge >= 0.3 is 0 Å². The van der Waals surface area contributed by atoms with Crippen LogP contribution in [-0.4, -0.2) is 53.5 Å². The van der Waals surface area contributed by atoms with Crippen LogP contribution >= 0.6 is 23.4 Å². The molecular formula is C13H24ClN3O2S2. The van der Waals surface area contributed by atoms with Gasteiger partial charge in [0.25, 0.3) is 0 Å². The summed E-state index contributed by atoms with van der Waals surface area (Å²) in [6.07, 6.45) is 2.77. The molecule has 1 aromatic heterocycles. The predicted octanol–water partition coefficient (Wildman–Crippen LogP) is 2.50. The lowest BCUT2D eigenvalue weighted by molar-refractivity contribution is 0.385. The molecule has 1 rings (SSSR count). The van der Waals surface area contributed by atoms with Crippen LogP contribution in [-0.2, 0) is 16.6 Å². The third-order valence-electron chi connectivity index (χ3n) is 3.59. The minimum atomic E-state index is -3.54. The molecule has 0 aliphatic rings. The molecule has 1 atom stereocenters. The molecule has 0 aliphatic carbocycles. The average Bonchev–Trinajstić information content (AvgIpc) is 2.71. The molecule has 5 nitrogen and oxygen atoms in total. The van der Waals surface area contributed by atoms with Crippen molar-refractivity contribution in [1.82, 2.24) is 14.1 Å². The molecule has 0 fully saturated rings. The number of aryl methyl sites for hydroxylation is 2. The summed E-state index contributed by atoms with van der Waals surface area (Å²) in [7, 11) is -1.89. The largest absolute Gasteiger partial charge is 0.267 e. The summed E-state index contributed by atoms with van der Waals surface area (Å²) in [5.41, 5.74) is 1.18. The van der Waals surface area contributed by atoms with Crippen molar-refractivity contribution in [3.05, 3.63) is 11.4 Å². The minimum absolute atomic E-state index is 0.0137. The first-order chi connectivity index (χ1) is 9.81. The number of halogens is 1. The second kappa shape index (κ2) is 7.85. The molecular weight excluding hydrogens is 330 g/mol. The lowest BCUT2D eigenvalue weighted by Crippen LogP contribution is -2.38. The van der Waals surface area contributed by atoms with Gasteiger partial charge in [0.05, 0.1) is 17.9 Å². The van der Waals surface area contributed by atoms with Gasteiger partial charge in [0.15, 0.2) is 0 Å². The van der Waals surface area contributed by atoms with E-state index in [0.717, 1.165) is 12.2 Å². The fourth-order valence-corrected chi connectivity index (χ4v) is 5.26. The Balaban J connectivity index is 3.24. The van der Waals surface area contributed by atoms with Gasteiger partial charge in [-0.3, -0.25) is 4.68 Å². The molecule has 0 aromatic carbocycles. The monoisotopic (exact) mass is 353 g/mol. The highest BCUT2D eigenvalue weighted by Crippen LogP contribution is 2.25. The van der Waals surface area contributed by atoms with Crippen LogP contribution in [0.25, 0.3) is 0 Å². The Labute approximate surface area is 137 Å². The van der Waals surface area contributed by atoms with Gasteiger partial charge in [-0.15, -0.1) is 11.6 Å². The third kappa shape index (κ3) is 3.94. The lowest BCUT2D eigenvalue weighted by Gasteiger charge is -2.26. The van der Waals surface area contributed by atoms with Gasteiger partial charge in [-0.25, -0.2) is 8.42 Å². The van der Waals surface area contributed by atoms with Crippen molar-refractivity contribution < 1.29 is 8.42 Å². The second-order valence-corrected chi connectivity index (χ2v) is 8.17. The third-order valence-corrected chi connectivity index (χ3v) is 6.64. The Hall–Kier alpha value is -0.240. The number of nitrogens with zero attached hydrogens (tertiary/aromatic N) is 3. The molecule has 0 saturated carbocycles. The van der Waals surface area contributed by atoms with E-state index < -0.39 is 10.0 Å². The van der Waals surface area contributed by atoms with Crippen molar-refractivity contribution in [3.8, 4) is 0 Å². The van der Waals surface area contributed by atoms with E-state index in [1.807, 2.05) is 13.2 Å². The normalized spacial score (nSPS) is 13.9. The number of alkyl halides is 1. The Morgan fingerprint density at radius 1 is 1.43 bits per heavy atom. The number of thioether (sulfide) groups is 1. The lowest BCUT2D eigenvalue weighted by atomic mass is 10.3. The molecule has 0 N–H and O–H groups in total. The van der Waals surface area contributed by atoms with Crippen LogP contribution in [0.3, 0.4) is 0 Å². The minimum Gasteiger partial charge on any atom is -0.267 e. The van der Waals surface area contributed by atoms with Gasteiger partial charge in [0.2, 0.25) is 10.0 Å². The van der Waals surface area contributed by atoms with Crippen LogP contribution in [0, 0.1) is 13.8 Å². The van der Waals surface area contributed by atoms with Crippen LogP contribution in [0.4, 0.5) is 0 Å². The van der Waals surface area contributed by atoms with Crippen LogP contribution in [0.5, 0.6) is 0 Å². The van der Waals surface area contributed by atoms with E-state index in [1.54, 1.807) is 37.3 Å². The van der Waals surface area contributed by atoms with Gasteiger partial charge in [0.1, 0.15) is 4.90 Å². The fraction of sp³-hybridized carbons (Fsp3) is 0.769. The van der Waals surface area contributed by atoms with Crippen molar-refractivity contribution in [3.63, 3.8) is 0 Å². The Morgan fingerprint density at radius 2 is 2.05 bits per heavy atom. The smallest absolute Gasteiger partial charge is 0.246 e.